The summed E-state index contributed by atoms with van der Waals surface area (Å²) in [6, 6.07) is 6.44. The molecule has 1 aliphatic heterocycles. The monoisotopic (exact) mass is 492 g/mol. The van der Waals surface area contributed by atoms with Crippen molar-refractivity contribution in [3.8, 4) is 40.1 Å². The number of methoxy groups -OCH3 is 2. The number of aliphatic hydroxyl groups is 4. The summed E-state index contributed by atoms with van der Waals surface area (Å²) in [6.45, 7) is -0.661. The highest BCUT2D eigenvalue weighted by molar-refractivity contribution is 5.90. The number of fused-ring (bicyclic) bond motifs is 1. The third-order valence-electron chi connectivity index (χ3n) is 5.68. The van der Waals surface area contributed by atoms with Gasteiger partial charge in [-0.2, -0.15) is 0 Å². The summed E-state index contributed by atoms with van der Waals surface area (Å²) in [7, 11) is 2.63. The van der Waals surface area contributed by atoms with E-state index in [0.717, 1.165) is 6.07 Å². The molecule has 1 aliphatic rings. The first-order valence-electron chi connectivity index (χ1n) is 10.4. The number of benzene rings is 2. The van der Waals surface area contributed by atoms with Crippen LogP contribution in [0.2, 0.25) is 0 Å². The zero-order chi connectivity index (χ0) is 25.4. The van der Waals surface area contributed by atoms with Crippen LogP contribution in [0.4, 0.5) is 0 Å². The fraction of sp³-hybridized carbons (Fsp3) is 0.348. The second kappa shape index (κ2) is 9.60. The molecular formula is C23H24O12. The third kappa shape index (κ3) is 4.22. The van der Waals surface area contributed by atoms with Crippen LogP contribution in [0, 0.1) is 0 Å². The van der Waals surface area contributed by atoms with Crippen molar-refractivity contribution in [2.75, 3.05) is 20.8 Å². The van der Waals surface area contributed by atoms with Crippen LogP contribution in [-0.4, -0.2) is 82.2 Å². The second-order valence-corrected chi connectivity index (χ2v) is 7.77. The Morgan fingerprint density at radius 2 is 1.71 bits per heavy atom. The second-order valence-electron chi connectivity index (χ2n) is 7.77. The van der Waals surface area contributed by atoms with Gasteiger partial charge in [-0.05, 0) is 12.1 Å². The summed E-state index contributed by atoms with van der Waals surface area (Å²) in [6.07, 6.45) is -7.75. The fourth-order valence-corrected chi connectivity index (χ4v) is 3.89. The van der Waals surface area contributed by atoms with Gasteiger partial charge in [0.1, 0.15) is 58.2 Å². The molecular weight excluding hydrogens is 468 g/mol. The Kier molecular flexibility index (Phi) is 6.74. The fourth-order valence-electron chi connectivity index (χ4n) is 3.89. The molecule has 5 atom stereocenters. The van der Waals surface area contributed by atoms with Gasteiger partial charge < -0.3 is 54.0 Å². The van der Waals surface area contributed by atoms with E-state index in [0.29, 0.717) is 0 Å². The van der Waals surface area contributed by atoms with E-state index in [-0.39, 0.29) is 45.3 Å². The van der Waals surface area contributed by atoms with Crippen LogP contribution < -0.4 is 19.6 Å². The molecule has 1 saturated heterocycles. The van der Waals surface area contributed by atoms with Crippen LogP contribution in [0.25, 0.3) is 22.3 Å². The van der Waals surface area contributed by atoms with Gasteiger partial charge in [0.25, 0.3) is 0 Å². The molecule has 1 fully saturated rings. The molecule has 4 rings (SSSR count). The first-order valence-corrected chi connectivity index (χ1v) is 10.4. The molecule has 12 nitrogen and oxygen atoms in total. The average Bonchev–Trinajstić information content (AvgIpc) is 2.83. The van der Waals surface area contributed by atoms with Crippen LogP contribution >= 0.6 is 0 Å². The molecule has 6 N–H and O–H groups in total. The van der Waals surface area contributed by atoms with Gasteiger partial charge in [0.15, 0.2) is 16.9 Å². The Hall–Kier alpha value is -3.55. The van der Waals surface area contributed by atoms with Crippen molar-refractivity contribution < 1.29 is 54.0 Å². The largest absolute Gasteiger partial charge is 0.507 e. The lowest BCUT2D eigenvalue weighted by molar-refractivity contribution is -0.277. The summed E-state index contributed by atoms with van der Waals surface area (Å²) >= 11 is 0. The van der Waals surface area contributed by atoms with E-state index in [1.807, 2.05) is 0 Å². The minimum absolute atomic E-state index is 0.0609. The number of rotatable bonds is 6. The predicted octanol–water partition coefficient (Wildman–Crippen LogP) is 0.0671. The molecule has 188 valence electrons. The van der Waals surface area contributed by atoms with Gasteiger partial charge in [0.2, 0.25) is 12.0 Å². The number of hydrogen-bond donors (Lipinski definition) is 6. The number of ether oxygens (including phenoxy) is 4. The van der Waals surface area contributed by atoms with Gasteiger partial charge in [-0.25, -0.2) is 0 Å². The smallest absolute Gasteiger partial charge is 0.229 e. The molecule has 0 aliphatic carbocycles. The van der Waals surface area contributed by atoms with E-state index >= 15 is 0 Å². The molecule has 5 unspecified atom stereocenters. The molecule has 2 aromatic carbocycles. The van der Waals surface area contributed by atoms with Gasteiger partial charge in [0, 0.05) is 12.1 Å². The average molecular weight is 492 g/mol. The lowest BCUT2D eigenvalue weighted by Crippen LogP contribution is -2.60. The lowest BCUT2D eigenvalue weighted by atomic mass is 9.99. The number of aromatic hydroxyl groups is 2. The number of hydrogen-bond acceptors (Lipinski definition) is 12. The van der Waals surface area contributed by atoms with Gasteiger partial charge in [0.05, 0.1) is 20.8 Å². The highest BCUT2D eigenvalue weighted by atomic mass is 16.7. The molecule has 1 aromatic heterocycles. The Morgan fingerprint density at radius 3 is 2.37 bits per heavy atom. The van der Waals surface area contributed by atoms with Crippen LogP contribution in [0.3, 0.4) is 0 Å². The van der Waals surface area contributed by atoms with E-state index in [2.05, 4.69) is 0 Å². The minimum Gasteiger partial charge on any atom is -0.507 e. The van der Waals surface area contributed by atoms with E-state index in [4.69, 9.17) is 23.4 Å². The topological polar surface area (TPSA) is 189 Å². The molecule has 0 radical (unpaired) electrons. The van der Waals surface area contributed by atoms with Crippen LogP contribution in [0.1, 0.15) is 0 Å². The zero-order valence-electron chi connectivity index (χ0n) is 18.6. The van der Waals surface area contributed by atoms with Crippen LogP contribution in [0.5, 0.6) is 28.7 Å². The molecule has 0 amide bonds. The van der Waals surface area contributed by atoms with Crippen molar-refractivity contribution in [3.05, 3.63) is 40.6 Å². The van der Waals surface area contributed by atoms with Crippen LogP contribution in [-0.2, 0) is 4.74 Å². The Bertz CT molecular complexity index is 1280. The first-order chi connectivity index (χ1) is 16.7. The van der Waals surface area contributed by atoms with Crippen molar-refractivity contribution in [1.29, 1.82) is 0 Å². The summed E-state index contributed by atoms with van der Waals surface area (Å²) < 4.78 is 27.1. The Morgan fingerprint density at radius 1 is 0.971 bits per heavy atom. The summed E-state index contributed by atoms with van der Waals surface area (Å²) in [5.74, 6) is -1.09. The number of phenols is 2. The zero-order valence-corrected chi connectivity index (χ0v) is 18.6. The SMILES string of the molecule is COc1cc2oc(-c3c(O)cccc3OC3OC(CO)C(O)C(O)C3O)cc(=O)c2c(O)c1OC. The molecule has 0 bridgehead atoms. The molecule has 0 saturated carbocycles. The minimum atomic E-state index is -1.71. The number of phenolic OH excluding ortho intramolecular Hbond substituents is 2. The highest BCUT2D eigenvalue weighted by Gasteiger charge is 2.45. The van der Waals surface area contributed by atoms with Crippen molar-refractivity contribution in [2.45, 2.75) is 30.7 Å². The number of aliphatic hydroxyl groups excluding tert-OH is 4. The van der Waals surface area contributed by atoms with E-state index < -0.39 is 48.5 Å². The van der Waals surface area contributed by atoms with E-state index in [1.54, 1.807) is 0 Å². The summed E-state index contributed by atoms with van der Waals surface area (Å²) in [5.41, 5.74) is -0.843. The van der Waals surface area contributed by atoms with Gasteiger partial charge in [-0.1, -0.05) is 6.07 Å². The maximum Gasteiger partial charge on any atom is 0.229 e. The summed E-state index contributed by atoms with van der Waals surface area (Å²) in [5, 5.41) is 60.6. The van der Waals surface area contributed by atoms with E-state index in [9.17, 15) is 35.4 Å². The predicted molar refractivity (Wildman–Crippen MR) is 119 cm³/mol. The van der Waals surface area contributed by atoms with Crippen molar-refractivity contribution in [3.63, 3.8) is 0 Å². The molecule has 35 heavy (non-hydrogen) atoms. The quantitative estimate of drug-likeness (QED) is 0.272. The summed E-state index contributed by atoms with van der Waals surface area (Å²) in [4.78, 5) is 12.9. The Balaban J connectivity index is 1.82. The molecule has 3 aromatic rings. The van der Waals surface area contributed by atoms with Crippen molar-refractivity contribution in [2.24, 2.45) is 0 Å². The molecule has 0 spiro atoms. The Labute approximate surface area is 197 Å². The van der Waals surface area contributed by atoms with Crippen molar-refractivity contribution >= 4 is 11.0 Å². The molecule has 2 heterocycles. The first kappa shape index (κ1) is 24.6. The lowest BCUT2D eigenvalue weighted by Gasteiger charge is -2.39. The van der Waals surface area contributed by atoms with Gasteiger partial charge in [-0.15, -0.1) is 0 Å². The van der Waals surface area contributed by atoms with Crippen molar-refractivity contribution in [1.82, 2.24) is 0 Å². The van der Waals surface area contributed by atoms with Gasteiger partial charge in [-0.3, -0.25) is 4.79 Å². The highest BCUT2D eigenvalue weighted by Crippen LogP contribution is 2.44. The molecule has 12 heteroatoms. The van der Waals surface area contributed by atoms with Crippen LogP contribution in [0.15, 0.2) is 39.5 Å². The normalized spacial score (nSPS) is 24.3. The maximum atomic E-state index is 12.9. The van der Waals surface area contributed by atoms with E-state index in [1.165, 1.54) is 38.5 Å². The standard InChI is InChI=1S/C23H24O12/c1-31-14-7-13-17(19(28)22(14)32-2)10(26)6-12(33-13)16-9(25)4-3-5-11(16)34-23-21(30)20(29)18(27)15(8-24)35-23/h3-7,15,18,20-21,23-25,27-30H,8H2,1-2H3. The third-order valence-corrected chi connectivity index (χ3v) is 5.68. The maximum absolute atomic E-state index is 12.9. The van der Waals surface area contributed by atoms with Gasteiger partial charge >= 0.3 is 0 Å².